The monoisotopic (exact) mass is 656 g/mol. The Balaban J connectivity index is 0.000000307. The van der Waals surface area contributed by atoms with E-state index in [1.54, 1.807) is 0 Å². The van der Waals surface area contributed by atoms with Crippen LogP contribution in [0.15, 0.2) is 97.1 Å². The van der Waals surface area contributed by atoms with Gasteiger partial charge >= 0.3 is 29.6 Å². The number of rotatable bonds is 12. The first kappa shape index (κ1) is 37.6. The second-order valence-electron chi connectivity index (χ2n) is 8.99. The maximum absolute atomic E-state index is 5.40. The molecular weight excluding hydrogens is 616 g/mol. The minimum absolute atomic E-state index is 0. The Labute approximate surface area is 299 Å². The van der Waals surface area contributed by atoms with Gasteiger partial charge in [-0.3, -0.25) is 0 Å². The van der Waals surface area contributed by atoms with Crippen molar-refractivity contribution in [3.05, 3.63) is 97.1 Å². The molecule has 0 bridgehead atoms. The minimum atomic E-state index is 0. The van der Waals surface area contributed by atoms with Crippen LogP contribution in [0.1, 0.15) is 27.7 Å². The molecule has 0 saturated carbocycles. The Morgan fingerprint density at radius 1 is 0.400 bits per heavy atom. The van der Waals surface area contributed by atoms with Gasteiger partial charge in [-0.05, 0) is 149 Å². The first-order chi connectivity index (χ1) is 21.4. The van der Waals surface area contributed by atoms with Gasteiger partial charge in [-0.1, -0.05) is 0 Å². The third-order valence-electron chi connectivity index (χ3n) is 5.69. The van der Waals surface area contributed by atoms with E-state index in [1.165, 1.54) is 0 Å². The fraction of sp³-hybridized carbons (Fsp3) is 0.235. The summed E-state index contributed by atoms with van der Waals surface area (Å²) in [5.74, 6) is 3.38. The molecule has 4 aromatic rings. The Bertz CT molecular complexity index is 1210. The molecule has 4 aromatic carbocycles. The van der Waals surface area contributed by atoms with Gasteiger partial charge in [0.25, 0.3) is 0 Å². The molecule has 0 radical (unpaired) electrons. The fourth-order valence-corrected chi connectivity index (χ4v) is 4.26. The van der Waals surface area contributed by atoms with E-state index in [9.17, 15) is 0 Å². The van der Waals surface area contributed by atoms with Crippen molar-refractivity contribution in [2.45, 2.75) is 27.7 Å². The predicted molar refractivity (Wildman–Crippen MR) is 197 cm³/mol. The van der Waals surface area contributed by atoms with Gasteiger partial charge in [0.2, 0.25) is 0 Å². The van der Waals surface area contributed by atoms with E-state index in [1.807, 2.05) is 125 Å². The van der Waals surface area contributed by atoms with Gasteiger partial charge in [0.1, 0.15) is 23.0 Å². The molecule has 0 aliphatic rings. The zero-order valence-electron chi connectivity index (χ0n) is 25.5. The summed E-state index contributed by atoms with van der Waals surface area (Å²) in [6, 6.07) is 30.7. The number of ether oxygens (including phenoxy) is 4. The van der Waals surface area contributed by atoms with Crippen molar-refractivity contribution in [2.75, 3.05) is 47.7 Å². The van der Waals surface area contributed by atoms with Crippen LogP contribution in [-0.4, -0.2) is 66.2 Å². The summed E-state index contributed by atoms with van der Waals surface area (Å²) in [6.07, 6.45) is 0. The van der Waals surface area contributed by atoms with E-state index in [-0.39, 0.29) is 29.6 Å². The molecule has 4 N–H and O–H groups in total. The van der Waals surface area contributed by atoms with Crippen LogP contribution in [0.2, 0.25) is 0 Å². The summed E-state index contributed by atoms with van der Waals surface area (Å²) in [7, 11) is 0. The number of nitrogens with one attached hydrogen (secondary N) is 4. The van der Waals surface area contributed by atoms with Crippen LogP contribution in [0.4, 0.5) is 22.7 Å². The molecule has 0 atom stereocenters. The molecule has 0 heterocycles. The van der Waals surface area contributed by atoms with E-state index < -0.39 is 0 Å². The molecular formula is C34H41N4NaO4S2. The SMILES string of the molecule is CCOc1ccc(NC(=S)Nc2ccc(OCC)cc2)cc1.CCOc1ccc(NC(=S)Nc2ccc(OCC)cc2)cc1.[NaH]. The number of benzene rings is 4. The number of anilines is 4. The quantitative estimate of drug-likeness (QED) is 0.0891. The predicted octanol–water partition coefficient (Wildman–Crippen LogP) is 7.94. The summed E-state index contributed by atoms with van der Waals surface area (Å²) in [5.41, 5.74) is 3.64. The Kier molecular flexibility index (Phi) is 17.8. The third kappa shape index (κ3) is 14.4. The third-order valence-corrected chi connectivity index (χ3v) is 6.10. The van der Waals surface area contributed by atoms with Gasteiger partial charge in [-0.2, -0.15) is 0 Å². The first-order valence-electron chi connectivity index (χ1n) is 14.5. The summed E-state index contributed by atoms with van der Waals surface area (Å²) >= 11 is 10.6. The van der Waals surface area contributed by atoms with Crippen molar-refractivity contribution in [2.24, 2.45) is 0 Å². The Hall–Kier alpha value is -3.54. The molecule has 0 aliphatic carbocycles. The average molecular weight is 657 g/mol. The van der Waals surface area contributed by atoms with E-state index in [0.29, 0.717) is 36.7 Å². The molecule has 0 unspecified atom stereocenters. The molecule has 0 aromatic heterocycles. The molecule has 0 spiro atoms. The Morgan fingerprint density at radius 3 is 0.733 bits per heavy atom. The average Bonchev–Trinajstić information content (AvgIpc) is 3.02. The number of hydrogen-bond acceptors (Lipinski definition) is 6. The molecule has 0 amide bonds. The van der Waals surface area contributed by atoms with Crippen molar-refractivity contribution < 1.29 is 18.9 Å². The number of hydrogen-bond donors (Lipinski definition) is 4. The second kappa shape index (κ2) is 21.2. The molecule has 4 rings (SSSR count). The van der Waals surface area contributed by atoms with Crippen LogP contribution in [0.5, 0.6) is 23.0 Å². The summed E-state index contributed by atoms with van der Waals surface area (Å²) in [4.78, 5) is 0. The molecule has 8 nitrogen and oxygen atoms in total. The maximum atomic E-state index is 5.40. The van der Waals surface area contributed by atoms with E-state index in [4.69, 9.17) is 43.4 Å². The molecule has 0 aliphatic heterocycles. The van der Waals surface area contributed by atoms with Crippen LogP contribution in [0, 0.1) is 0 Å². The van der Waals surface area contributed by atoms with Crippen molar-refractivity contribution in [3.63, 3.8) is 0 Å². The zero-order valence-corrected chi connectivity index (χ0v) is 27.1. The van der Waals surface area contributed by atoms with E-state index in [2.05, 4.69) is 21.3 Å². The second-order valence-corrected chi connectivity index (χ2v) is 9.80. The van der Waals surface area contributed by atoms with Crippen LogP contribution in [0.3, 0.4) is 0 Å². The van der Waals surface area contributed by atoms with E-state index in [0.717, 1.165) is 45.7 Å². The fourth-order valence-electron chi connectivity index (χ4n) is 3.79. The normalized spacial score (nSPS) is 9.69. The van der Waals surface area contributed by atoms with Crippen molar-refractivity contribution in [1.82, 2.24) is 0 Å². The van der Waals surface area contributed by atoms with Gasteiger partial charge in [-0.15, -0.1) is 0 Å². The van der Waals surface area contributed by atoms with Crippen LogP contribution in [0.25, 0.3) is 0 Å². The standard InChI is InChI=1S/2C17H20N2O2S.Na.H/c2*1-3-20-15-9-5-13(6-10-15)18-17(22)19-14-7-11-16(12-8-14)21-4-2;;/h2*5-12H,3-4H2,1-2H3,(H2,18,19,22);;. The Morgan fingerprint density at radius 2 is 0.578 bits per heavy atom. The van der Waals surface area contributed by atoms with E-state index >= 15 is 0 Å². The van der Waals surface area contributed by atoms with Gasteiger partial charge in [0.15, 0.2) is 10.2 Å². The van der Waals surface area contributed by atoms with Crippen LogP contribution >= 0.6 is 24.4 Å². The molecule has 0 saturated heterocycles. The van der Waals surface area contributed by atoms with Gasteiger partial charge in [0.05, 0.1) is 26.4 Å². The molecule has 45 heavy (non-hydrogen) atoms. The first-order valence-corrected chi connectivity index (χ1v) is 15.3. The summed E-state index contributed by atoms with van der Waals surface area (Å²) < 4.78 is 21.6. The van der Waals surface area contributed by atoms with Gasteiger partial charge in [-0.25, -0.2) is 0 Å². The van der Waals surface area contributed by atoms with Gasteiger partial charge in [0, 0.05) is 22.7 Å². The van der Waals surface area contributed by atoms with Crippen molar-refractivity contribution >= 4 is 87.0 Å². The molecule has 0 fully saturated rings. The van der Waals surface area contributed by atoms with Crippen LogP contribution < -0.4 is 40.2 Å². The molecule has 11 heteroatoms. The van der Waals surface area contributed by atoms with Crippen molar-refractivity contribution in [1.29, 1.82) is 0 Å². The molecule has 234 valence electrons. The topological polar surface area (TPSA) is 85.0 Å². The zero-order chi connectivity index (χ0) is 31.6. The van der Waals surface area contributed by atoms with Crippen molar-refractivity contribution in [3.8, 4) is 23.0 Å². The summed E-state index contributed by atoms with van der Waals surface area (Å²) in [6.45, 7) is 10.5. The van der Waals surface area contributed by atoms with Gasteiger partial charge < -0.3 is 40.2 Å². The van der Waals surface area contributed by atoms with Crippen LogP contribution in [-0.2, 0) is 0 Å². The summed E-state index contributed by atoms with van der Waals surface area (Å²) in [5, 5.41) is 13.6. The number of thiocarbonyl (C=S) groups is 2.